The van der Waals surface area contributed by atoms with Crippen molar-refractivity contribution >= 4 is 49.7 Å². The van der Waals surface area contributed by atoms with Crippen LogP contribution in [-0.4, -0.2) is 30.3 Å². The molecular formula is C18H19Br2N3O2. The van der Waals surface area contributed by atoms with Crippen molar-refractivity contribution in [3.05, 3.63) is 56.5 Å². The van der Waals surface area contributed by atoms with Crippen molar-refractivity contribution in [3.63, 3.8) is 0 Å². The van der Waals surface area contributed by atoms with E-state index in [4.69, 9.17) is 0 Å². The molecule has 5 nitrogen and oxygen atoms in total. The Morgan fingerprint density at radius 1 is 1.20 bits per heavy atom. The SMILES string of the molecule is CCN(CC)c1ccc(/C=N\NC(=O)c2cc(Br)cc(Br)c2O)cc1. The molecule has 0 bridgehead atoms. The maximum absolute atomic E-state index is 12.1. The van der Waals surface area contributed by atoms with Gasteiger partial charge in [-0.15, -0.1) is 0 Å². The van der Waals surface area contributed by atoms with Gasteiger partial charge in [0.25, 0.3) is 5.91 Å². The van der Waals surface area contributed by atoms with Gasteiger partial charge >= 0.3 is 0 Å². The summed E-state index contributed by atoms with van der Waals surface area (Å²) in [5.41, 5.74) is 4.57. The van der Waals surface area contributed by atoms with Crippen LogP contribution < -0.4 is 10.3 Å². The fraction of sp³-hybridized carbons (Fsp3) is 0.222. The smallest absolute Gasteiger partial charge is 0.275 e. The topological polar surface area (TPSA) is 64.9 Å². The van der Waals surface area contributed by atoms with E-state index in [1.807, 2.05) is 24.3 Å². The zero-order valence-electron chi connectivity index (χ0n) is 14.0. The van der Waals surface area contributed by atoms with E-state index in [0.29, 0.717) is 8.95 Å². The lowest BCUT2D eigenvalue weighted by Gasteiger charge is -2.20. The number of nitrogens with zero attached hydrogens (tertiary/aromatic N) is 2. The van der Waals surface area contributed by atoms with Crippen LogP contribution in [0.2, 0.25) is 0 Å². The minimum Gasteiger partial charge on any atom is -0.506 e. The fourth-order valence-corrected chi connectivity index (χ4v) is 3.55. The molecule has 7 heteroatoms. The maximum Gasteiger partial charge on any atom is 0.275 e. The van der Waals surface area contributed by atoms with Gasteiger partial charge in [-0.25, -0.2) is 5.43 Å². The molecule has 0 aliphatic rings. The lowest BCUT2D eigenvalue weighted by atomic mass is 10.2. The molecule has 0 spiro atoms. The number of rotatable bonds is 6. The number of aromatic hydroxyl groups is 1. The summed E-state index contributed by atoms with van der Waals surface area (Å²) in [7, 11) is 0. The minimum absolute atomic E-state index is 0.125. The number of phenols is 1. The van der Waals surface area contributed by atoms with E-state index in [9.17, 15) is 9.90 Å². The van der Waals surface area contributed by atoms with Crippen LogP contribution in [0.5, 0.6) is 5.75 Å². The average Bonchev–Trinajstić information content (AvgIpc) is 2.60. The van der Waals surface area contributed by atoms with Gasteiger partial charge in [-0.2, -0.15) is 5.10 Å². The lowest BCUT2D eigenvalue weighted by molar-refractivity contribution is 0.0952. The lowest BCUT2D eigenvalue weighted by Crippen LogP contribution is -2.21. The van der Waals surface area contributed by atoms with Crippen LogP contribution in [-0.2, 0) is 0 Å². The number of hydrogen-bond donors (Lipinski definition) is 2. The van der Waals surface area contributed by atoms with Gasteiger partial charge in [0.15, 0.2) is 0 Å². The molecule has 2 aromatic carbocycles. The highest BCUT2D eigenvalue weighted by molar-refractivity contribution is 9.11. The Balaban J connectivity index is 2.05. The molecule has 2 rings (SSSR count). The van der Waals surface area contributed by atoms with E-state index in [-0.39, 0.29) is 11.3 Å². The molecule has 25 heavy (non-hydrogen) atoms. The Hall–Kier alpha value is -1.86. The molecule has 0 radical (unpaired) electrons. The molecule has 0 heterocycles. The number of carbonyl (C=O) groups is 1. The van der Waals surface area contributed by atoms with E-state index in [0.717, 1.165) is 24.3 Å². The Bertz CT molecular complexity index is 773. The first-order valence-corrected chi connectivity index (χ1v) is 9.41. The minimum atomic E-state index is -0.490. The summed E-state index contributed by atoms with van der Waals surface area (Å²) < 4.78 is 1.11. The fourth-order valence-electron chi connectivity index (χ4n) is 2.32. The van der Waals surface area contributed by atoms with Gasteiger partial charge in [0.1, 0.15) is 5.75 Å². The van der Waals surface area contributed by atoms with Crippen LogP contribution in [0.15, 0.2) is 50.4 Å². The highest BCUT2D eigenvalue weighted by Gasteiger charge is 2.14. The van der Waals surface area contributed by atoms with Crippen LogP contribution in [0.3, 0.4) is 0 Å². The molecule has 0 aliphatic carbocycles. The number of carbonyl (C=O) groups excluding carboxylic acids is 1. The van der Waals surface area contributed by atoms with Crippen LogP contribution in [0, 0.1) is 0 Å². The predicted octanol–water partition coefficient (Wildman–Crippen LogP) is 4.53. The summed E-state index contributed by atoms with van der Waals surface area (Å²) in [6.45, 7) is 6.13. The van der Waals surface area contributed by atoms with Gasteiger partial charge < -0.3 is 10.0 Å². The predicted molar refractivity (Wildman–Crippen MR) is 109 cm³/mol. The van der Waals surface area contributed by atoms with Gasteiger partial charge in [-0.1, -0.05) is 28.1 Å². The Morgan fingerprint density at radius 3 is 2.44 bits per heavy atom. The van der Waals surface area contributed by atoms with Gasteiger partial charge in [-0.05, 0) is 59.6 Å². The zero-order chi connectivity index (χ0) is 18.4. The van der Waals surface area contributed by atoms with Crippen molar-refractivity contribution in [2.45, 2.75) is 13.8 Å². The van der Waals surface area contributed by atoms with Gasteiger partial charge in [0.2, 0.25) is 0 Å². The standard InChI is InChI=1S/C18H19Br2N3O2/c1-3-23(4-2)14-7-5-12(6-8-14)11-21-22-18(25)15-9-13(19)10-16(20)17(15)24/h5-11,24H,3-4H2,1-2H3,(H,22,25)/b21-11-. The monoisotopic (exact) mass is 467 g/mol. The molecule has 2 aromatic rings. The van der Waals surface area contributed by atoms with Crippen LogP contribution in [0.25, 0.3) is 0 Å². The third-order valence-electron chi connectivity index (χ3n) is 3.67. The second-order valence-corrected chi connectivity index (χ2v) is 7.02. The molecule has 0 atom stereocenters. The second-order valence-electron chi connectivity index (χ2n) is 5.25. The third-order valence-corrected chi connectivity index (χ3v) is 4.74. The molecule has 0 fully saturated rings. The number of nitrogens with one attached hydrogen (secondary N) is 1. The molecule has 0 saturated heterocycles. The summed E-state index contributed by atoms with van der Waals surface area (Å²) in [6.07, 6.45) is 1.56. The summed E-state index contributed by atoms with van der Waals surface area (Å²) in [6, 6.07) is 11.1. The van der Waals surface area contributed by atoms with Crippen molar-refractivity contribution in [2.24, 2.45) is 5.10 Å². The number of benzene rings is 2. The van der Waals surface area contributed by atoms with Crippen LogP contribution >= 0.6 is 31.9 Å². The first-order chi connectivity index (χ1) is 12.0. The van der Waals surface area contributed by atoms with Gasteiger partial charge in [0.05, 0.1) is 16.3 Å². The summed E-state index contributed by atoms with van der Waals surface area (Å²) in [5.74, 6) is -0.616. The number of hydrogen-bond acceptors (Lipinski definition) is 4. The maximum atomic E-state index is 12.1. The zero-order valence-corrected chi connectivity index (χ0v) is 17.1. The molecular weight excluding hydrogens is 450 g/mol. The van der Waals surface area contributed by atoms with Crippen molar-refractivity contribution in [3.8, 4) is 5.75 Å². The average molecular weight is 469 g/mol. The normalized spacial score (nSPS) is 10.9. The first kappa shape index (κ1) is 19.5. The molecule has 0 aliphatic heterocycles. The molecule has 1 amide bonds. The molecule has 0 unspecified atom stereocenters. The van der Waals surface area contributed by atoms with Crippen LogP contribution in [0.4, 0.5) is 5.69 Å². The van der Waals surface area contributed by atoms with Gasteiger partial charge in [0, 0.05) is 23.2 Å². The highest BCUT2D eigenvalue weighted by Crippen LogP contribution is 2.31. The van der Waals surface area contributed by atoms with Gasteiger partial charge in [-0.3, -0.25) is 4.79 Å². The Morgan fingerprint density at radius 2 is 1.84 bits per heavy atom. The quantitative estimate of drug-likeness (QED) is 0.483. The Labute approximate surface area is 164 Å². The van der Waals surface area contributed by atoms with Crippen molar-refractivity contribution in [1.29, 1.82) is 0 Å². The number of phenolic OH excluding ortho intramolecular Hbond substituents is 1. The van der Waals surface area contributed by atoms with E-state index in [1.165, 1.54) is 6.07 Å². The summed E-state index contributed by atoms with van der Waals surface area (Å²) in [5, 5.41) is 13.9. The number of hydrazone groups is 1. The van der Waals surface area contributed by atoms with E-state index in [2.05, 4.69) is 61.1 Å². The molecule has 0 saturated carbocycles. The number of anilines is 1. The highest BCUT2D eigenvalue weighted by atomic mass is 79.9. The molecule has 0 aromatic heterocycles. The number of amides is 1. The van der Waals surface area contributed by atoms with E-state index < -0.39 is 5.91 Å². The number of halogens is 2. The van der Waals surface area contributed by atoms with Crippen LogP contribution in [0.1, 0.15) is 29.8 Å². The van der Waals surface area contributed by atoms with Crippen molar-refractivity contribution in [2.75, 3.05) is 18.0 Å². The van der Waals surface area contributed by atoms with Crippen molar-refractivity contribution in [1.82, 2.24) is 5.43 Å². The third kappa shape index (κ3) is 5.06. The Kier molecular flexibility index (Phi) is 7.01. The van der Waals surface area contributed by atoms with Crippen molar-refractivity contribution < 1.29 is 9.90 Å². The molecule has 132 valence electrons. The first-order valence-electron chi connectivity index (χ1n) is 7.82. The molecule has 2 N–H and O–H groups in total. The second kappa shape index (κ2) is 9.01. The summed E-state index contributed by atoms with van der Waals surface area (Å²) in [4.78, 5) is 14.4. The largest absolute Gasteiger partial charge is 0.506 e. The van der Waals surface area contributed by atoms with E-state index in [1.54, 1.807) is 12.3 Å². The van der Waals surface area contributed by atoms with E-state index >= 15 is 0 Å². The summed E-state index contributed by atoms with van der Waals surface area (Å²) >= 11 is 6.48.